The van der Waals surface area contributed by atoms with Crippen molar-refractivity contribution in [3.63, 3.8) is 0 Å². The molecule has 22 heavy (non-hydrogen) atoms. The molecule has 1 fully saturated rings. The Labute approximate surface area is 132 Å². The summed E-state index contributed by atoms with van der Waals surface area (Å²) in [7, 11) is 1.73. The van der Waals surface area contributed by atoms with Crippen molar-refractivity contribution in [2.24, 2.45) is 7.05 Å². The number of anilines is 1. The molecule has 1 amide bonds. The van der Waals surface area contributed by atoms with Gasteiger partial charge in [0.05, 0.1) is 5.02 Å². The minimum absolute atomic E-state index is 0.149. The van der Waals surface area contributed by atoms with Crippen LogP contribution >= 0.6 is 11.6 Å². The summed E-state index contributed by atoms with van der Waals surface area (Å²) >= 11 is 6.02. The third kappa shape index (κ3) is 2.92. The fourth-order valence-corrected chi connectivity index (χ4v) is 2.83. The maximum atomic E-state index is 13.0. The Morgan fingerprint density at radius 2 is 1.82 bits per heavy atom. The van der Waals surface area contributed by atoms with Gasteiger partial charge in [-0.2, -0.15) is 5.10 Å². The molecule has 2 aromatic rings. The maximum absolute atomic E-state index is 13.0. The van der Waals surface area contributed by atoms with Gasteiger partial charge in [0.25, 0.3) is 5.91 Å². The first-order chi connectivity index (χ1) is 10.5. The van der Waals surface area contributed by atoms with E-state index in [1.807, 2.05) is 0 Å². The number of aromatic nitrogens is 2. The molecule has 0 N–H and O–H groups in total. The highest BCUT2D eigenvalue weighted by Gasteiger charge is 2.25. The molecule has 5 nitrogen and oxygen atoms in total. The number of rotatable bonds is 2. The third-order valence-electron chi connectivity index (χ3n) is 3.75. The number of amides is 1. The molecule has 2 heterocycles. The van der Waals surface area contributed by atoms with E-state index in [-0.39, 0.29) is 11.7 Å². The first kappa shape index (κ1) is 14.8. The zero-order chi connectivity index (χ0) is 15.7. The molecule has 0 atom stereocenters. The second-order valence-electron chi connectivity index (χ2n) is 5.25. The van der Waals surface area contributed by atoms with Crippen LogP contribution in [0, 0.1) is 5.82 Å². The second kappa shape index (κ2) is 5.96. The lowest BCUT2D eigenvalue weighted by atomic mass is 10.2. The fourth-order valence-electron chi connectivity index (χ4n) is 2.57. The SMILES string of the molecule is Cn1cc(Cl)c(C(=O)N2CCN(c3ccc(F)cc3)CC2)n1. The zero-order valence-corrected chi connectivity index (χ0v) is 12.9. The molecule has 1 aromatic carbocycles. The van der Waals surface area contributed by atoms with Gasteiger partial charge >= 0.3 is 0 Å². The third-order valence-corrected chi connectivity index (χ3v) is 4.02. The van der Waals surface area contributed by atoms with Crippen molar-refractivity contribution in [2.45, 2.75) is 0 Å². The van der Waals surface area contributed by atoms with Gasteiger partial charge in [-0.25, -0.2) is 4.39 Å². The number of carbonyl (C=O) groups is 1. The molecule has 0 saturated carbocycles. The Bertz CT molecular complexity index is 677. The first-order valence-corrected chi connectivity index (χ1v) is 7.41. The van der Waals surface area contributed by atoms with Crippen LogP contribution in [0.4, 0.5) is 10.1 Å². The van der Waals surface area contributed by atoms with Crippen LogP contribution in [0.2, 0.25) is 5.02 Å². The van der Waals surface area contributed by atoms with Crippen molar-refractivity contribution in [3.05, 3.63) is 47.0 Å². The maximum Gasteiger partial charge on any atom is 0.276 e. The normalized spacial score (nSPS) is 15.2. The van der Waals surface area contributed by atoms with Gasteiger partial charge in [0.15, 0.2) is 5.69 Å². The van der Waals surface area contributed by atoms with E-state index < -0.39 is 0 Å². The average Bonchev–Trinajstić information content (AvgIpc) is 2.86. The lowest BCUT2D eigenvalue weighted by molar-refractivity contribution is 0.0740. The zero-order valence-electron chi connectivity index (χ0n) is 12.2. The van der Waals surface area contributed by atoms with Crippen LogP contribution in [0.25, 0.3) is 0 Å². The predicted octanol–water partition coefficient (Wildman–Crippen LogP) is 2.17. The highest BCUT2D eigenvalue weighted by molar-refractivity contribution is 6.33. The highest BCUT2D eigenvalue weighted by Crippen LogP contribution is 2.20. The van der Waals surface area contributed by atoms with E-state index in [0.717, 1.165) is 5.69 Å². The van der Waals surface area contributed by atoms with Crippen LogP contribution in [-0.2, 0) is 7.05 Å². The molecule has 1 aliphatic rings. The van der Waals surface area contributed by atoms with Crippen LogP contribution in [-0.4, -0.2) is 46.8 Å². The van der Waals surface area contributed by atoms with Gasteiger partial charge in [-0.3, -0.25) is 9.48 Å². The number of piperazine rings is 1. The lowest BCUT2D eigenvalue weighted by Crippen LogP contribution is -2.49. The van der Waals surface area contributed by atoms with Gasteiger partial charge in [0.1, 0.15) is 5.82 Å². The molecule has 1 aromatic heterocycles. The number of benzene rings is 1. The minimum Gasteiger partial charge on any atom is -0.368 e. The molecule has 1 saturated heterocycles. The van der Waals surface area contributed by atoms with E-state index in [2.05, 4.69) is 10.00 Å². The van der Waals surface area contributed by atoms with Crippen molar-refractivity contribution in [2.75, 3.05) is 31.1 Å². The van der Waals surface area contributed by atoms with Crippen LogP contribution in [0.15, 0.2) is 30.5 Å². The Kier molecular flexibility index (Phi) is 4.02. The van der Waals surface area contributed by atoms with Crippen molar-refractivity contribution in [3.8, 4) is 0 Å². The van der Waals surface area contributed by atoms with Crippen molar-refractivity contribution in [1.82, 2.24) is 14.7 Å². The van der Waals surface area contributed by atoms with Gasteiger partial charge in [0, 0.05) is 45.1 Å². The summed E-state index contributed by atoms with van der Waals surface area (Å²) < 4.78 is 14.5. The smallest absolute Gasteiger partial charge is 0.276 e. The molecule has 0 bridgehead atoms. The average molecular weight is 323 g/mol. The first-order valence-electron chi connectivity index (χ1n) is 7.03. The van der Waals surface area contributed by atoms with E-state index in [1.165, 1.54) is 16.8 Å². The summed E-state index contributed by atoms with van der Waals surface area (Å²) in [6, 6.07) is 6.39. The molecule has 0 radical (unpaired) electrons. The Hall–Kier alpha value is -2.08. The topological polar surface area (TPSA) is 41.4 Å². The molecular weight excluding hydrogens is 307 g/mol. The fraction of sp³-hybridized carbons (Fsp3) is 0.333. The quantitative estimate of drug-likeness (QED) is 0.851. The molecule has 7 heteroatoms. The van der Waals surface area contributed by atoms with E-state index >= 15 is 0 Å². The van der Waals surface area contributed by atoms with Gasteiger partial charge in [-0.05, 0) is 24.3 Å². The van der Waals surface area contributed by atoms with E-state index in [9.17, 15) is 9.18 Å². The molecule has 0 aliphatic carbocycles. The molecule has 0 spiro atoms. The van der Waals surface area contributed by atoms with Crippen LogP contribution < -0.4 is 4.90 Å². The number of hydrogen-bond acceptors (Lipinski definition) is 3. The molecule has 116 valence electrons. The number of carbonyl (C=O) groups excluding carboxylic acids is 1. The van der Waals surface area contributed by atoms with Gasteiger partial charge in [0.2, 0.25) is 0 Å². The summed E-state index contributed by atoms with van der Waals surface area (Å²) in [6.45, 7) is 2.57. The van der Waals surface area contributed by atoms with E-state index in [1.54, 1.807) is 30.3 Å². The van der Waals surface area contributed by atoms with Crippen molar-refractivity contribution in [1.29, 1.82) is 0 Å². The molecule has 3 rings (SSSR count). The van der Waals surface area contributed by atoms with Crippen LogP contribution in [0.1, 0.15) is 10.5 Å². The summed E-state index contributed by atoms with van der Waals surface area (Å²) in [6.07, 6.45) is 1.61. The molecule has 1 aliphatic heterocycles. The van der Waals surface area contributed by atoms with Crippen molar-refractivity contribution >= 4 is 23.2 Å². The largest absolute Gasteiger partial charge is 0.368 e. The number of aryl methyl sites for hydroxylation is 1. The van der Waals surface area contributed by atoms with Gasteiger partial charge < -0.3 is 9.80 Å². The Balaban J connectivity index is 1.65. The van der Waals surface area contributed by atoms with Crippen LogP contribution in [0.3, 0.4) is 0 Å². The molecule has 0 unspecified atom stereocenters. The number of halogens is 2. The monoisotopic (exact) mass is 322 g/mol. The summed E-state index contributed by atoms with van der Waals surface area (Å²) in [5, 5.41) is 4.48. The Morgan fingerprint density at radius 3 is 2.36 bits per heavy atom. The van der Waals surface area contributed by atoms with Crippen molar-refractivity contribution < 1.29 is 9.18 Å². The summed E-state index contributed by atoms with van der Waals surface area (Å²) in [5.41, 5.74) is 1.25. The lowest BCUT2D eigenvalue weighted by Gasteiger charge is -2.35. The molecular formula is C15H16ClFN4O. The van der Waals surface area contributed by atoms with Gasteiger partial charge in [-0.1, -0.05) is 11.6 Å². The summed E-state index contributed by atoms with van der Waals surface area (Å²) in [4.78, 5) is 16.3. The van der Waals surface area contributed by atoms with Crippen LogP contribution in [0.5, 0.6) is 0 Å². The predicted molar refractivity (Wildman–Crippen MR) is 82.7 cm³/mol. The number of nitrogens with zero attached hydrogens (tertiary/aromatic N) is 4. The highest BCUT2D eigenvalue weighted by atomic mass is 35.5. The number of hydrogen-bond donors (Lipinski definition) is 0. The summed E-state index contributed by atoms with van der Waals surface area (Å²) in [5.74, 6) is -0.397. The Morgan fingerprint density at radius 1 is 1.18 bits per heavy atom. The minimum atomic E-state index is -0.248. The second-order valence-corrected chi connectivity index (χ2v) is 5.66. The van der Waals surface area contributed by atoms with Gasteiger partial charge in [-0.15, -0.1) is 0 Å². The van der Waals surface area contributed by atoms with E-state index in [0.29, 0.717) is 36.9 Å². The standard InChI is InChI=1S/C15H16ClFN4O/c1-19-10-13(16)14(18-19)15(22)21-8-6-20(7-9-21)12-4-2-11(17)3-5-12/h2-5,10H,6-9H2,1H3. The van der Waals surface area contributed by atoms with E-state index in [4.69, 9.17) is 11.6 Å².